The zero-order chi connectivity index (χ0) is 16.0. The lowest BCUT2D eigenvalue weighted by Gasteiger charge is -2.25. The van der Waals surface area contributed by atoms with Crippen LogP contribution in [0.15, 0.2) is 24.3 Å². The molecule has 0 aliphatic carbocycles. The van der Waals surface area contributed by atoms with Crippen molar-refractivity contribution in [3.05, 3.63) is 39.7 Å². The molecule has 1 aromatic carbocycles. The number of anilines is 1. The van der Waals surface area contributed by atoms with Crippen LogP contribution in [0.2, 0.25) is 0 Å². The second-order valence-corrected chi connectivity index (χ2v) is 7.71. The standard InChI is InChI=1S/C16H15N3O2S2/c1-8-18-16-14(22-8)12(17)13(23-16)15(20)19-10-6-9-4-2-3-5-11(9)21-7-10/h2-5,10H,6-7,17H2,1H3,(H,19,20)/t10-/m1/s1. The quantitative estimate of drug-likeness (QED) is 0.748. The maximum atomic E-state index is 12.5. The van der Waals surface area contributed by atoms with Gasteiger partial charge < -0.3 is 15.8 Å². The number of aromatic nitrogens is 1. The maximum absolute atomic E-state index is 12.5. The van der Waals surface area contributed by atoms with E-state index in [1.165, 1.54) is 22.7 Å². The van der Waals surface area contributed by atoms with Gasteiger partial charge >= 0.3 is 0 Å². The van der Waals surface area contributed by atoms with Gasteiger partial charge in [-0.2, -0.15) is 0 Å². The minimum Gasteiger partial charge on any atom is -0.491 e. The zero-order valence-corrected chi connectivity index (χ0v) is 14.1. The molecule has 7 heteroatoms. The fraction of sp³-hybridized carbons (Fsp3) is 0.250. The van der Waals surface area contributed by atoms with Crippen LogP contribution in [0.3, 0.4) is 0 Å². The lowest BCUT2D eigenvalue weighted by Crippen LogP contribution is -2.42. The molecule has 2 aromatic heterocycles. The number of hydrogen-bond acceptors (Lipinski definition) is 6. The number of fused-ring (bicyclic) bond motifs is 2. The van der Waals surface area contributed by atoms with Crippen LogP contribution in [0.25, 0.3) is 9.53 Å². The Morgan fingerprint density at radius 2 is 2.22 bits per heavy atom. The summed E-state index contributed by atoms with van der Waals surface area (Å²) in [6.45, 7) is 2.41. The summed E-state index contributed by atoms with van der Waals surface area (Å²) in [7, 11) is 0. The molecule has 4 rings (SSSR count). The zero-order valence-electron chi connectivity index (χ0n) is 12.5. The summed E-state index contributed by atoms with van der Waals surface area (Å²) < 4.78 is 6.62. The highest BCUT2D eigenvalue weighted by molar-refractivity contribution is 7.29. The molecule has 118 valence electrons. The molecule has 0 fully saturated rings. The molecular formula is C16H15N3O2S2. The van der Waals surface area contributed by atoms with E-state index in [-0.39, 0.29) is 11.9 Å². The largest absolute Gasteiger partial charge is 0.491 e. The third kappa shape index (κ3) is 2.55. The van der Waals surface area contributed by atoms with Gasteiger partial charge in [0, 0.05) is 0 Å². The molecular weight excluding hydrogens is 330 g/mol. The van der Waals surface area contributed by atoms with Crippen molar-refractivity contribution in [2.24, 2.45) is 0 Å². The Morgan fingerprint density at radius 3 is 3.04 bits per heavy atom. The van der Waals surface area contributed by atoms with E-state index < -0.39 is 0 Å². The van der Waals surface area contributed by atoms with Crippen molar-refractivity contribution in [1.29, 1.82) is 0 Å². The van der Waals surface area contributed by atoms with E-state index in [9.17, 15) is 4.79 Å². The molecule has 1 amide bonds. The Labute approximate surface area is 141 Å². The number of nitrogens with two attached hydrogens (primary N) is 1. The lowest BCUT2D eigenvalue weighted by atomic mass is 10.0. The summed E-state index contributed by atoms with van der Waals surface area (Å²) in [6.07, 6.45) is 0.763. The predicted octanol–water partition coefficient (Wildman–Crippen LogP) is 2.98. The number of thiophene rings is 1. The number of carbonyl (C=O) groups excluding carboxylic acids is 1. The topological polar surface area (TPSA) is 77.2 Å². The Bertz CT molecular complexity index is 900. The van der Waals surface area contributed by atoms with E-state index in [1.54, 1.807) is 0 Å². The Hall–Kier alpha value is -2.12. The number of aryl methyl sites for hydroxylation is 1. The highest BCUT2D eigenvalue weighted by Crippen LogP contribution is 2.37. The number of nitrogens with zero attached hydrogens (tertiary/aromatic N) is 1. The van der Waals surface area contributed by atoms with Crippen molar-refractivity contribution < 1.29 is 9.53 Å². The molecule has 0 radical (unpaired) electrons. The second-order valence-electron chi connectivity index (χ2n) is 5.51. The Kier molecular flexibility index (Phi) is 3.46. The van der Waals surface area contributed by atoms with E-state index in [1.807, 2.05) is 31.2 Å². The maximum Gasteiger partial charge on any atom is 0.263 e. The first kappa shape index (κ1) is 14.5. The van der Waals surface area contributed by atoms with Crippen molar-refractivity contribution >= 4 is 43.8 Å². The summed E-state index contributed by atoms with van der Waals surface area (Å²) in [6, 6.07) is 7.85. The third-order valence-electron chi connectivity index (χ3n) is 3.81. The fourth-order valence-corrected chi connectivity index (χ4v) is 4.83. The smallest absolute Gasteiger partial charge is 0.263 e. The Morgan fingerprint density at radius 1 is 1.39 bits per heavy atom. The molecule has 5 nitrogen and oxygen atoms in total. The van der Waals surface area contributed by atoms with Crippen molar-refractivity contribution in [1.82, 2.24) is 10.3 Å². The minimum atomic E-state index is -0.150. The lowest BCUT2D eigenvalue weighted by molar-refractivity contribution is 0.0920. The van der Waals surface area contributed by atoms with Gasteiger partial charge in [-0.25, -0.2) is 4.98 Å². The van der Waals surface area contributed by atoms with Crippen LogP contribution in [-0.2, 0) is 6.42 Å². The molecule has 0 bridgehead atoms. The highest BCUT2D eigenvalue weighted by atomic mass is 32.1. The van der Waals surface area contributed by atoms with Gasteiger partial charge in [-0.1, -0.05) is 18.2 Å². The van der Waals surface area contributed by atoms with E-state index >= 15 is 0 Å². The van der Waals surface area contributed by atoms with Gasteiger partial charge in [0.25, 0.3) is 5.91 Å². The normalized spacial score (nSPS) is 16.8. The number of nitrogens with one attached hydrogen (secondary N) is 1. The molecule has 0 saturated heterocycles. The summed E-state index contributed by atoms with van der Waals surface area (Å²) in [5.74, 6) is 0.747. The van der Waals surface area contributed by atoms with Gasteiger partial charge in [0.1, 0.15) is 22.1 Å². The number of rotatable bonds is 2. The number of thiazole rings is 1. The van der Waals surface area contributed by atoms with E-state index in [4.69, 9.17) is 10.5 Å². The first-order valence-electron chi connectivity index (χ1n) is 7.29. The van der Waals surface area contributed by atoms with Crippen LogP contribution >= 0.6 is 22.7 Å². The SMILES string of the molecule is Cc1nc2sc(C(=O)N[C@H]3COc4ccccc4C3)c(N)c2s1. The summed E-state index contributed by atoms with van der Waals surface area (Å²) >= 11 is 2.87. The van der Waals surface area contributed by atoms with Crippen molar-refractivity contribution in [3.8, 4) is 5.75 Å². The minimum absolute atomic E-state index is 0.0494. The molecule has 23 heavy (non-hydrogen) atoms. The van der Waals surface area contributed by atoms with Crippen molar-refractivity contribution in [2.75, 3.05) is 12.3 Å². The summed E-state index contributed by atoms with van der Waals surface area (Å²) in [5, 5.41) is 3.99. The van der Waals surface area contributed by atoms with Crippen LogP contribution < -0.4 is 15.8 Å². The number of hydrogen-bond donors (Lipinski definition) is 2. The average Bonchev–Trinajstić information content (AvgIpc) is 3.05. The fourth-order valence-electron chi connectivity index (χ4n) is 2.74. The first-order valence-corrected chi connectivity index (χ1v) is 8.92. The van der Waals surface area contributed by atoms with Gasteiger partial charge in [-0.15, -0.1) is 22.7 Å². The van der Waals surface area contributed by atoms with E-state index in [0.29, 0.717) is 17.2 Å². The van der Waals surface area contributed by atoms with Crippen LogP contribution in [0.1, 0.15) is 20.2 Å². The number of para-hydroxylation sites is 1. The van der Waals surface area contributed by atoms with Crippen LogP contribution in [-0.4, -0.2) is 23.5 Å². The van der Waals surface area contributed by atoms with Gasteiger partial charge in [0.15, 0.2) is 0 Å². The molecule has 3 heterocycles. The number of amides is 1. The van der Waals surface area contributed by atoms with Gasteiger partial charge in [0.2, 0.25) is 0 Å². The number of nitrogen functional groups attached to an aromatic ring is 1. The van der Waals surface area contributed by atoms with Gasteiger partial charge in [-0.3, -0.25) is 4.79 Å². The molecule has 1 aliphatic rings. The molecule has 3 aromatic rings. The van der Waals surface area contributed by atoms with E-state index in [2.05, 4.69) is 10.3 Å². The summed E-state index contributed by atoms with van der Waals surface area (Å²) in [4.78, 5) is 18.3. The third-order valence-corrected chi connectivity index (χ3v) is 6.04. The average molecular weight is 345 g/mol. The van der Waals surface area contributed by atoms with E-state index in [0.717, 1.165) is 32.3 Å². The van der Waals surface area contributed by atoms with Gasteiger partial charge in [0.05, 0.1) is 21.4 Å². The highest BCUT2D eigenvalue weighted by Gasteiger charge is 2.24. The predicted molar refractivity (Wildman–Crippen MR) is 93.5 cm³/mol. The molecule has 1 aliphatic heterocycles. The van der Waals surface area contributed by atoms with Crippen molar-refractivity contribution in [3.63, 3.8) is 0 Å². The summed E-state index contributed by atoms with van der Waals surface area (Å²) in [5.41, 5.74) is 7.77. The molecule has 1 atom stereocenters. The van der Waals surface area contributed by atoms with Crippen molar-refractivity contribution in [2.45, 2.75) is 19.4 Å². The monoisotopic (exact) mass is 345 g/mol. The number of benzene rings is 1. The van der Waals surface area contributed by atoms with Crippen LogP contribution in [0, 0.1) is 6.92 Å². The number of ether oxygens (including phenoxy) is 1. The molecule has 0 spiro atoms. The van der Waals surface area contributed by atoms with Gasteiger partial charge in [-0.05, 0) is 25.0 Å². The molecule has 3 N–H and O–H groups in total. The first-order chi connectivity index (χ1) is 11.1. The number of carbonyl (C=O) groups is 1. The molecule has 0 saturated carbocycles. The van der Waals surface area contributed by atoms with Crippen LogP contribution in [0.4, 0.5) is 5.69 Å². The Balaban J connectivity index is 1.53. The second kappa shape index (κ2) is 5.50. The van der Waals surface area contributed by atoms with Crippen LogP contribution in [0.5, 0.6) is 5.75 Å². The molecule has 0 unspecified atom stereocenters.